The maximum Gasteiger partial charge on any atom is 0.323 e. The van der Waals surface area contributed by atoms with Crippen LogP contribution in [-0.2, 0) is 26.2 Å². The van der Waals surface area contributed by atoms with Crippen molar-refractivity contribution in [1.82, 2.24) is 35.8 Å². The van der Waals surface area contributed by atoms with Gasteiger partial charge in [0.05, 0.1) is 23.2 Å². The summed E-state index contributed by atoms with van der Waals surface area (Å²) in [5, 5.41) is 26.7. The van der Waals surface area contributed by atoms with Gasteiger partial charge in [-0.2, -0.15) is 9.82 Å². The molecule has 49 heavy (non-hydrogen) atoms. The molecule has 266 valence electrons. The van der Waals surface area contributed by atoms with Crippen molar-refractivity contribution < 1.29 is 32.6 Å². The largest absolute Gasteiger partial charge is 0.494 e. The number of aryl methyl sites for hydroxylation is 3. The highest BCUT2D eigenvalue weighted by molar-refractivity contribution is 7.89. The summed E-state index contributed by atoms with van der Waals surface area (Å²) in [7, 11) is -4.31. The number of benzene rings is 2. The van der Waals surface area contributed by atoms with E-state index in [9.17, 15) is 27.9 Å². The number of sulfonamides is 1. The molecule has 0 spiro atoms. The fourth-order valence-electron chi connectivity index (χ4n) is 5.36. The minimum Gasteiger partial charge on any atom is -0.494 e. The number of guanidine groups is 1. The Bertz CT molecular complexity index is 1750. The number of hydrogen-bond donors (Lipinski definition) is 7. The lowest BCUT2D eigenvalue weighted by molar-refractivity contribution is -0.138. The average Bonchev–Trinajstić information content (AvgIpc) is 3.48. The third-order valence-corrected chi connectivity index (χ3v) is 9.46. The molecule has 0 fully saturated rings. The molecule has 4 rings (SSSR count). The van der Waals surface area contributed by atoms with E-state index >= 15 is 0 Å². The number of nitrogens with one attached hydrogen (secondary N) is 5. The second kappa shape index (κ2) is 17.6. The Hall–Kier alpha value is -4.74. The summed E-state index contributed by atoms with van der Waals surface area (Å²) in [6.45, 7) is 6.75. The number of fused-ring (bicyclic) bond motifs is 1. The van der Waals surface area contributed by atoms with Crippen LogP contribution in [0.2, 0.25) is 0 Å². The van der Waals surface area contributed by atoms with Crippen LogP contribution in [0.1, 0.15) is 47.2 Å². The normalized spacial score (nSPS) is 13.7. The Labute approximate surface area is 285 Å². The standard InChI is InChI=1S/C32H45N9O7S/c1-21-16-25(48-15-3-6-28(42)34-13-9-33)17-22(2)29(21)49(46,47)40-26(31(44)45)20-38-30(43)23-7-8-27-24(18-23)19-39-41(27)14-5-12-37-32-35-10-4-11-36-32/h7-8,16-19,26,40H,3-6,9-15,20,33H2,1-2H3,(H,34,42)(H,38,43)(H,44,45)(H2,35,36,37)/t26-/m0/s1. The maximum atomic E-state index is 13.4. The molecule has 1 aliphatic rings. The van der Waals surface area contributed by atoms with Gasteiger partial charge in [-0.15, -0.1) is 0 Å². The molecule has 2 aromatic carbocycles. The van der Waals surface area contributed by atoms with Crippen LogP contribution in [-0.4, -0.2) is 99.0 Å². The van der Waals surface area contributed by atoms with Crippen molar-refractivity contribution >= 4 is 44.7 Å². The molecular formula is C32H45N9O7S. The van der Waals surface area contributed by atoms with Gasteiger partial charge in [0, 0.05) is 63.2 Å². The number of aromatic nitrogens is 2. The predicted molar refractivity (Wildman–Crippen MR) is 184 cm³/mol. The zero-order chi connectivity index (χ0) is 35.4. The molecule has 0 bridgehead atoms. The second-order valence-electron chi connectivity index (χ2n) is 11.6. The van der Waals surface area contributed by atoms with E-state index in [2.05, 4.69) is 36.1 Å². The van der Waals surface area contributed by atoms with Gasteiger partial charge in [0.15, 0.2) is 5.96 Å². The predicted octanol–water partition coefficient (Wildman–Crippen LogP) is 0.378. The molecule has 0 saturated carbocycles. The second-order valence-corrected chi connectivity index (χ2v) is 13.3. The first kappa shape index (κ1) is 37.1. The van der Waals surface area contributed by atoms with Crippen LogP contribution >= 0.6 is 0 Å². The summed E-state index contributed by atoms with van der Waals surface area (Å²) < 4.78 is 36.5. The Morgan fingerprint density at radius 2 is 1.88 bits per heavy atom. The molecule has 2 heterocycles. The van der Waals surface area contributed by atoms with Crippen molar-refractivity contribution in [3.8, 4) is 5.75 Å². The topological polar surface area (TPSA) is 231 Å². The van der Waals surface area contributed by atoms with Crippen molar-refractivity contribution in [1.29, 1.82) is 0 Å². The van der Waals surface area contributed by atoms with E-state index in [-0.39, 0.29) is 29.4 Å². The van der Waals surface area contributed by atoms with Crippen LogP contribution in [0.25, 0.3) is 10.9 Å². The molecule has 3 aromatic rings. The van der Waals surface area contributed by atoms with Gasteiger partial charge in [0.25, 0.3) is 5.91 Å². The molecule has 0 radical (unpaired) electrons. The van der Waals surface area contributed by atoms with Crippen molar-refractivity contribution in [3.05, 3.63) is 53.2 Å². The summed E-state index contributed by atoms with van der Waals surface area (Å²) >= 11 is 0. The first-order chi connectivity index (χ1) is 23.5. The van der Waals surface area contributed by atoms with Gasteiger partial charge in [-0.05, 0) is 74.6 Å². The number of aliphatic imine (C=N–C) groups is 1. The Balaban J connectivity index is 1.31. The first-order valence-corrected chi connectivity index (χ1v) is 17.7. The number of aliphatic carboxylic acids is 1. The third kappa shape index (κ3) is 10.6. The number of nitrogens with zero attached hydrogens (tertiary/aromatic N) is 3. The summed E-state index contributed by atoms with van der Waals surface area (Å²) in [5.41, 5.74) is 7.18. The minimum absolute atomic E-state index is 0.0868. The molecular weight excluding hydrogens is 654 g/mol. The van der Waals surface area contributed by atoms with Gasteiger partial charge in [-0.25, -0.2) is 8.42 Å². The monoisotopic (exact) mass is 699 g/mol. The van der Waals surface area contributed by atoms with E-state index in [0.29, 0.717) is 42.9 Å². The zero-order valence-electron chi connectivity index (χ0n) is 27.8. The third-order valence-electron chi connectivity index (χ3n) is 7.69. The van der Waals surface area contributed by atoms with Gasteiger partial charge in [0.1, 0.15) is 11.8 Å². The van der Waals surface area contributed by atoms with Crippen molar-refractivity contribution in [2.24, 2.45) is 10.7 Å². The number of amides is 2. The molecule has 1 aliphatic heterocycles. The average molecular weight is 700 g/mol. The Morgan fingerprint density at radius 1 is 1.10 bits per heavy atom. The van der Waals surface area contributed by atoms with Crippen LogP contribution in [0, 0.1) is 13.8 Å². The highest BCUT2D eigenvalue weighted by atomic mass is 32.2. The van der Waals surface area contributed by atoms with Gasteiger partial charge >= 0.3 is 5.97 Å². The number of nitrogens with two attached hydrogens (primary N) is 1. The fraction of sp³-hybridized carbons (Fsp3) is 0.469. The smallest absolute Gasteiger partial charge is 0.323 e. The van der Waals surface area contributed by atoms with Crippen molar-refractivity contribution in [2.45, 2.75) is 57.0 Å². The number of carbonyl (C=O) groups excluding carboxylic acids is 2. The molecule has 16 nitrogen and oxygen atoms in total. The minimum atomic E-state index is -4.31. The summed E-state index contributed by atoms with van der Waals surface area (Å²) in [4.78, 5) is 41.1. The molecule has 1 aromatic heterocycles. The van der Waals surface area contributed by atoms with Crippen LogP contribution < -0.4 is 36.5 Å². The molecule has 2 amide bonds. The highest BCUT2D eigenvalue weighted by Crippen LogP contribution is 2.26. The van der Waals surface area contributed by atoms with Gasteiger partial charge in [-0.1, -0.05) is 0 Å². The van der Waals surface area contributed by atoms with E-state index < -0.39 is 34.5 Å². The summed E-state index contributed by atoms with van der Waals surface area (Å²) in [6, 6.07) is 6.47. The van der Waals surface area contributed by atoms with E-state index in [4.69, 9.17) is 10.5 Å². The molecule has 0 aliphatic carbocycles. The molecule has 1 atom stereocenters. The van der Waals surface area contributed by atoms with Crippen molar-refractivity contribution in [2.75, 3.05) is 45.9 Å². The van der Waals surface area contributed by atoms with Gasteiger partial charge in [-0.3, -0.25) is 24.1 Å². The lowest BCUT2D eigenvalue weighted by Gasteiger charge is -2.19. The zero-order valence-corrected chi connectivity index (χ0v) is 28.6. The molecule has 8 N–H and O–H groups in total. The van der Waals surface area contributed by atoms with Crippen LogP contribution in [0.5, 0.6) is 5.75 Å². The molecule has 0 saturated heterocycles. The number of carboxylic acids is 1. The lowest BCUT2D eigenvalue weighted by Crippen LogP contribution is -2.48. The number of hydrogen-bond acceptors (Lipinski definition) is 11. The van der Waals surface area contributed by atoms with Gasteiger partial charge in [0.2, 0.25) is 15.9 Å². The number of rotatable bonds is 18. The summed E-state index contributed by atoms with van der Waals surface area (Å²) in [5.74, 6) is -0.917. The van der Waals surface area contributed by atoms with Crippen LogP contribution in [0.3, 0.4) is 0 Å². The van der Waals surface area contributed by atoms with E-state index in [1.54, 1.807) is 38.2 Å². The molecule has 17 heteroatoms. The van der Waals surface area contributed by atoms with Gasteiger partial charge < -0.3 is 36.8 Å². The van der Waals surface area contributed by atoms with E-state index in [1.165, 1.54) is 12.1 Å². The number of carboxylic acid groups (broad SMARTS) is 1. The van der Waals surface area contributed by atoms with Crippen LogP contribution in [0.4, 0.5) is 0 Å². The van der Waals surface area contributed by atoms with Crippen LogP contribution in [0.15, 0.2) is 46.4 Å². The SMILES string of the molecule is Cc1cc(OCCCC(=O)NCCN)cc(C)c1S(=O)(=O)N[C@@H](CNC(=O)c1ccc2c(cnn2CCCNC2=NCCCN2)c1)C(=O)O. The Morgan fingerprint density at radius 3 is 2.57 bits per heavy atom. The Kier molecular flexibility index (Phi) is 13.3. The summed E-state index contributed by atoms with van der Waals surface area (Å²) in [6.07, 6.45) is 4.20. The van der Waals surface area contributed by atoms with Crippen molar-refractivity contribution in [3.63, 3.8) is 0 Å². The molecule has 0 unspecified atom stereocenters. The maximum absolute atomic E-state index is 13.4. The van der Waals surface area contributed by atoms with E-state index in [1.807, 2.05) is 4.68 Å². The lowest BCUT2D eigenvalue weighted by atomic mass is 10.1. The quantitative estimate of drug-likeness (QED) is 0.0897. The number of carbonyl (C=O) groups is 3. The first-order valence-electron chi connectivity index (χ1n) is 16.2. The fourth-order valence-corrected chi connectivity index (χ4v) is 7.00. The highest BCUT2D eigenvalue weighted by Gasteiger charge is 2.29. The number of ether oxygens (including phenoxy) is 1. The van der Waals surface area contributed by atoms with E-state index in [0.717, 1.165) is 49.3 Å².